The van der Waals surface area contributed by atoms with E-state index in [9.17, 15) is 9.90 Å². The molecule has 1 aliphatic heterocycles. The third-order valence-electron chi connectivity index (χ3n) is 5.72. The molecule has 5 rings (SSSR count). The summed E-state index contributed by atoms with van der Waals surface area (Å²) in [5.74, 6) is 1.85. The molecule has 0 radical (unpaired) electrons. The molecule has 9 nitrogen and oxygen atoms in total. The van der Waals surface area contributed by atoms with Crippen LogP contribution in [-0.4, -0.2) is 68.7 Å². The molecule has 0 spiro atoms. The number of aromatic hydroxyl groups is 1. The minimum Gasteiger partial charge on any atom is -0.497 e. The molecule has 0 aliphatic carbocycles. The SMILES string of the molecule is COc1cccc([C@H](c2sc3nc(-c4ccco4)nn3c2O)N2CCN(C(C)=O)CC2)c1. The van der Waals surface area contributed by atoms with Gasteiger partial charge in [0, 0.05) is 33.1 Å². The van der Waals surface area contributed by atoms with E-state index < -0.39 is 0 Å². The Balaban J connectivity index is 1.55. The van der Waals surface area contributed by atoms with Gasteiger partial charge in [0.25, 0.3) is 0 Å². The van der Waals surface area contributed by atoms with Gasteiger partial charge in [-0.25, -0.2) is 0 Å². The standard InChI is InChI=1S/C22H23N5O4S/c1-14(28)25-8-10-26(11-9-25)18(15-5-3-6-16(13-15)30-2)19-21(29)27-22(32-19)23-20(24-27)17-7-4-12-31-17/h3-7,12-13,18,29H,8-11H2,1-2H3/t18-/m1/s1. The predicted octanol–water partition coefficient (Wildman–Crippen LogP) is 3.02. The van der Waals surface area contributed by atoms with E-state index in [0.717, 1.165) is 16.2 Å². The molecule has 4 heterocycles. The summed E-state index contributed by atoms with van der Waals surface area (Å²) in [5, 5.41) is 15.6. The van der Waals surface area contributed by atoms with E-state index in [1.807, 2.05) is 29.2 Å². The van der Waals surface area contributed by atoms with Crippen molar-refractivity contribution >= 4 is 22.2 Å². The minimum atomic E-state index is -0.222. The number of hydrogen-bond acceptors (Lipinski definition) is 8. The monoisotopic (exact) mass is 453 g/mol. The van der Waals surface area contributed by atoms with Crippen LogP contribution in [0.4, 0.5) is 0 Å². The third kappa shape index (κ3) is 3.61. The van der Waals surface area contributed by atoms with Crippen molar-refractivity contribution in [2.45, 2.75) is 13.0 Å². The molecule has 0 saturated carbocycles. The van der Waals surface area contributed by atoms with Crippen LogP contribution in [-0.2, 0) is 4.79 Å². The summed E-state index contributed by atoms with van der Waals surface area (Å²) in [6.07, 6.45) is 1.56. The number of benzene rings is 1. The molecule has 1 saturated heterocycles. The molecule has 0 bridgehead atoms. The summed E-state index contributed by atoms with van der Waals surface area (Å²) < 4.78 is 12.3. The Morgan fingerprint density at radius 2 is 2.03 bits per heavy atom. The number of carbonyl (C=O) groups excluding carboxylic acids is 1. The topological polar surface area (TPSA) is 96.3 Å². The van der Waals surface area contributed by atoms with Gasteiger partial charge in [0.15, 0.2) is 5.76 Å². The van der Waals surface area contributed by atoms with Crippen LogP contribution in [0.1, 0.15) is 23.4 Å². The largest absolute Gasteiger partial charge is 0.497 e. The molecule has 3 aromatic heterocycles. The lowest BCUT2D eigenvalue weighted by Gasteiger charge is -2.38. The Labute approximate surface area is 188 Å². The number of nitrogens with zero attached hydrogens (tertiary/aromatic N) is 5. The lowest BCUT2D eigenvalue weighted by molar-refractivity contribution is -0.130. The molecule has 4 aromatic rings. The molecular formula is C22H23N5O4S. The first kappa shape index (κ1) is 20.5. The summed E-state index contributed by atoms with van der Waals surface area (Å²) in [5.41, 5.74) is 0.992. The third-order valence-corrected chi connectivity index (χ3v) is 6.80. The van der Waals surface area contributed by atoms with E-state index in [1.165, 1.54) is 15.9 Å². The van der Waals surface area contributed by atoms with Gasteiger partial charge in [0.1, 0.15) is 5.75 Å². The van der Waals surface area contributed by atoms with Crippen molar-refractivity contribution < 1.29 is 19.1 Å². The molecule has 1 amide bonds. The minimum absolute atomic E-state index is 0.0529. The number of piperazine rings is 1. The van der Waals surface area contributed by atoms with Gasteiger partial charge < -0.3 is 19.2 Å². The van der Waals surface area contributed by atoms with Crippen LogP contribution in [0.25, 0.3) is 16.5 Å². The maximum atomic E-state index is 11.8. The van der Waals surface area contributed by atoms with E-state index in [1.54, 1.807) is 32.4 Å². The summed E-state index contributed by atoms with van der Waals surface area (Å²) in [6.45, 7) is 4.25. The van der Waals surface area contributed by atoms with Crippen LogP contribution >= 0.6 is 11.3 Å². The molecule has 1 aromatic carbocycles. The molecule has 1 fully saturated rings. The maximum absolute atomic E-state index is 11.8. The Bertz CT molecular complexity index is 1240. The first-order chi connectivity index (χ1) is 15.5. The maximum Gasteiger partial charge on any atom is 0.230 e. The molecule has 1 N–H and O–H groups in total. The highest BCUT2D eigenvalue weighted by Gasteiger charge is 2.32. The summed E-state index contributed by atoms with van der Waals surface area (Å²) in [7, 11) is 1.64. The second-order valence-corrected chi connectivity index (χ2v) is 8.63. The fourth-order valence-electron chi connectivity index (χ4n) is 4.07. The second-order valence-electron chi connectivity index (χ2n) is 7.62. The molecule has 32 heavy (non-hydrogen) atoms. The van der Waals surface area contributed by atoms with Crippen molar-refractivity contribution in [1.82, 2.24) is 24.4 Å². The van der Waals surface area contributed by atoms with Gasteiger partial charge in [-0.05, 0) is 29.8 Å². The van der Waals surface area contributed by atoms with Crippen molar-refractivity contribution in [3.8, 4) is 23.2 Å². The van der Waals surface area contributed by atoms with Gasteiger partial charge >= 0.3 is 0 Å². The van der Waals surface area contributed by atoms with Crippen LogP contribution in [0.2, 0.25) is 0 Å². The number of hydrogen-bond donors (Lipinski definition) is 1. The number of fused-ring (bicyclic) bond motifs is 1. The van der Waals surface area contributed by atoms with Crippen molar-refractivity contribution in [2.24, 2.45) is 0 Å². The van der Waals surface area contributed by atoms with E-state index in [-0.39, 0.29) is 17.8 Å². The number of furan rings is 1. The number of amides is 1. The lowest BCUT2D eigenvalue weighted by atomic mass is 10.0. The zero-order valence-corrected chi connectivity index (χ0v) is 18.6. The van der Waals surface area contributed by atoms with Gasteiger partial charge in [-0.15, -0.1) is 5.10 Å². The number of methoxy groups -OCH3 is 1. The highest BCUT2D eigenvalue weighted by atomic mass is 32.1. The van der Waals surface area contributed by atoms with Crippen LogP contribution < -0.4 is 4.74 Å². The zero-order valence-electron chi connectivity index (χ0n) is 17.8. The zero-order chi connectivity index (χ0) is 22.2. The molecule has 1 aliphatic rings. The number of thiazole rings is 1. The second kappa shape index (κ2) is 8.29. The van der Waals surface area contributed by atoms with Gasteiger partial charge in [-0.3, -0.25) is 9.69 Å². The van der Waals surface area contributed by atoms with E-state index in [0.29, 0.717) is 42.7 Å². The normalized spacial score (nSPS) is 15.9. The first-order valence-corrected chi connectivity index (χ1v) is 11.1. The average Bonchev–Trinajstić information content (AvgIpc) is 3.53. The van der Waals surface area contributed by atoms with Crippen LogP contribution in [0.5, 0.6) is 11.6 Å². The smallest absolute Gasteiger partial charge is 0.230 e. The number of ether oxygens (including phenoxy) is 1. The van der Waals surface area contributed by atoms with Gasteiger partial charge in [-0.1, -0.05) is 23.5 Å². The van der Waals surface area contributed by atoms with Gasteiger partial charge in [-0.2, -0.15) is 9.50 Å². The number of aromatic nitrogens is 3. The fourth-order valence-corrected chi connectivity index (χ4v) is 5.19. The molecule has 0 unspecified atom stereocenters. The fraction of sp³-hybridized carbons (Fsp3) is 0.318. The quantitative estimate of drug-likeness (QED) is 0.496. The lowest BCUT2D eigenvalue weighted by Crippen LogP contribution is -2.49. The average molecular weight is 454 g/mol. The van der Waals surface area contributed by atoms with Crippen molar-refractivity contribution in [2.75, 3.05) is 33.3 Å². The summed E-state index contributed by atoms with van der Waals surface area (Å²) in [4.78, 5) is 21.8. The Morgan fingerprint density at radius 3 is 2.69 bits per heavy atom. The summed E-state index contributed by atoms with van der Waals surface area (Å²) in [6, 6.07) is 11.2. The van der Waals surface area contributed by atoms with Gasteiger partial charge in [0.2, 0.25) is 22.6 Å². The van der Waals surface area contributed by atoms with Crippen molar-refractivity contribution in [3.05, 3.63) is 53.1 Å². The van der Waals surface area contributed by atoms with Crippen LogP contribution in [0.15, 0.2) is 47.1 Å². The van der Waals surface area contributed by atoms with Gasteiger partial charge in [0.05, 0.1) is 24.3 Å². The van der Waals surface area contributed by atoms with E-state index >= 15 is 0 Å². The highest BCUT2D eigenvalue weighted by Crippen LogP contribution is 2.41. The molecule has 166 valence electrons. The Kier molecular flexibility index (Phi) is 5.32. The predicted molar refractivity (Wildman–Crippen MR) is 119 cm³/mol. The Morgan fingerprint density at radius 1 is 1.22 bits per heavy atom. The van der Waals surface area contributed by atoms with Crippen molar-refractivity contribution in [3.63, 3.8) is 0 Å². The molecule has 10 heteroatoms. The van der Waals surface area contributed by atoms with Crippen LogP contribution in [0, 0.1) is 0 Å². The van der Waals surface area contributed by atoms with E-state index in [2.05, 4.69) is 15.0 Å². The first-order valence-electron chi connectivity index (χ1n) is 10.3. The highest BCUT2D eigenvalue weighted by molar-refractivity contribution is 7.17. The Hall–Kier alpha value is -3.37. The number of rotatable bonds is 5. The molecule has 1 atom stereocenters. The van der Waals surface area contributed by atoms with Crippen molar-refractivity contribution in [1.29, 1.82) is 0 Å². The van der Waals surface area contributed by atoms with E-state index in [4.69, 9.17) is 9.15 Å². The summed E-state index contributed by atoms with van der Waals surface area (Å²) >= 11 is 1.39. The molecular weight excluding hydrogens is 430 g/mol. The van der Waals surface area contributed by atoms with Crippen LogP contribution in [0.3, 0.4) is 0 Å². The number of carbonyl (C=O) groups is 1.